The SMILES string of the molecule is COP(C#Cc1cc(Cl)c(C(=O)NC(Cc2cccc(S(C)(=O)=O)c2)C(C)(O)O)c(Cl)c1)c1ccccc1. The Bertz CT molecular complexity index is 1460. The summed E-state index contributed by atoms with van der Waals surface area (Å²) < 4.78 is 29.3. The lowest BCUT2D eigenvalue weighted by atomic mass is 9.99. The van der Waals surface area contributed by atoms with Crippen molar-refractivity contribution >= 4 is 52.4 Å². The van der Waals surface area contributed by atoms with Gasteiger partial charge in [-0.2, -0.15) is 0 Å². The van der Waals surface area contributed by atoms with Crippen molar-refractivity contribution in [1.82, 2.24) is 5.32 Å². The molecule has 3 N–H and O–H groups in total. The van der Waals surface area contributed by atoms with Crippen molar-refractivity contribution in [1.29, 1.82) is 0 Å². The van der Waals surface area contributed by atoms with Crippen LogP contribution in [0.1, 0.15) is 28.4 Å². The molecule has 0 radical (unpaired) electrons. The maximum absolute atomic E-state index is 13.1. The van der Waals surface area contributed by atoms with E-state index in [0.717, 1.165) is 18.5 Å². The van der Waals surface area contributed by atoms with E-state index in [0.29, 0.717) is 11.1 Å². The Balaban J connectivity index is 1.84. The molecule has 0 aliphatic carbocycles. The van der Waals surface area contributed by atoms with E-state index in [1.807, 2.05) is 30.3 Å². The molecule has 0 heterocycles. The molecule has 0 aliphatic heterocycles. The first-order valence-corrected chi connectivity index (χ1v) is 15.1. The average molecular weight is 594 g/mol. The second kappa shape index (κ2) is 12.6. The standard InChI is InChI=1S/C27H26Cl2NO6PS/c1-27(32,33)24(17-18-8-7-11-21(14-18)38(3,34)35)30-26(31)25-22(28)15-19(16-23(25)29)12-13-37(36-2)20-9-5-4-6-10-20/h4-11,14-16,24,32-33H,17H2,1-3H3,(H,30,31). The fraction of sp³-hybridized carbons (Fsp3) is 0.222. The van der Waals surface area contributed by atoms with Crippen LogP contribution in [0.2, 0.25) is 10.0 Å². The Morgan fingerprint density at radius 3 is 2.26 bits per heavy atom. The molecule has 2 unspecified atom stereocenters. The van der Waals surface area contributed by atoms with Gasteiger partial charge in [-0.1, -0.05) is 71.6 Å². The molecule has 0 spiro atoms. The van der Waals surface area contributed by atoms with Gasteiger partial charge in [-0.05, 0) is 48.8 Å². The third-order valence-corrected chi connectivity index (χ3v) is 8.63. The predicted octanol–water partition coefficient (Wildman–Crippen LogP) is 4.12. The number of carbonyl (C=O) groups is 1. The molecule has 0 saturated heterocycles. The second-order valence-corrected chi connectivity index (χ2v) is 13.1. The Morgan fingerprint density at radius 2 is 1.71 bits per heavy atom. The van der Waals surface area contributed by atoms with E-state index in [1.54, 1.807) is 13.2 Å². The quantitative estimate of drug-likeness (QED) is 0.206. The molecular weight excluding hydrogens is 568 g/mol. The lowest BCUT2D eigenvalue weighted by Crippen LogP contribution is -2.52. The molecular formula is C27H26Cl2NO6PS. The molecule has 0 aromatic heterocycles. The third kappa shape index (κ3) is 8.02. The maximum atomic E-state index is 13.1. The summed E-state index contributed by atoms with van der Waals surface area (Å²) in [5.74, 6) is -0.0909. The molecule has 200 valence electrons. The number of hydrogen-bond donors (Lipinski definition) is 3. The highest BCUT2D eigenvalue weighted by Crippen LogP contribution is 2.33. The topological polar surface area (TPSA) is 113 Å². The van der Waals surface area contributed by atoms with Crippen molar-refractivity contribution in [3.05, 3.63) is 93.5 Å². The largest absolute Gasteiger partial charge is 0.364 e. The number of nitrogens with one attached hydrogen (secondary N) is 1. The summed E-state index contributed by atoms with van der Waals surface area (Å²) in [6.07, 6.45) is 1.00. The minimum absolute atomic E-state index is 0.0242. The summed E-state index contributed by atoms with van der Waals surface area (Å²) in [6.45, 7) is 1.11. The van der Waals surface area contributed by atoms with Gasteiger partial charge in [0.1, 0.15) is 8.15 Å². The van der Waals surface area contributed by atoms with Gasteiger partial charge >= 0.3 is 0 Å². The van der Waals surface area contributed by atoms with Crippen molar-refractivity contribution in [2.75, 3.05) is 13.4 Å². The van der Waals surface area contributed by atoms with E-state index in [4.69, 9.17) is 27.7 Å². The van der Waals surface area contributed by atoms with Gasteiger partial charge < -0.3 is 20.1 Å². The minimum atomic E-state index is -3.47. The van der Waals surface area contributed by atoms with Crippen LogP contribution in [-0.4, -0.2) is 49.7 Å². The van der Waals surface area contributed by atoms with Gasteiger partial charge in [0.2, 0.25) is 0 Å². The summed E-state index contributed by atoms with van der Waals surface area (Å²) in [7, 11) is -3.09. The zero-order valence-electron chi connectivity index (χ0n) is 20.8. The van der Waals surface area contributed by atoms with E-state index >= 15 is 0 Å². The number of sulfone groups is 1. The monoisotopic (exact) mass is 593 g/mol. The van der Waals surface area contributed by atoms with Gasteiger partial charge in [-0.3, -0.25) is 4.79 Å². The first kappa shape index (κ1) is 30.1. The maximum Gasteiger partial charge on any atom is 0.254 e. The molecule has 0 aliphatic rings. The van der Waals surface area contributed by atoms with Crippen LogP contribution >= 0.6 is 31.4 Å². The lowest BCUT2D eigenvalue weighted by molar-refractivity contribution is -0.165. The summed E-state index contributed by atoms with van der Waals surface area (Å²) >= 11 is 12.8. The van der Waals surface area contributed by atoms with E-state index in [-0.39, 0.29) is 26.9 Å². The average Bonchev–Trinajstić information content (AvgIpc) is 2.83. The van der Waals surface area contributed by atoms with E-state index in [2.05, 4.69) is 16.9 Å². The normalized spacial score (nSPS) is 13.2. The molecule has 38 heavy (non-hydrogen) atoms. The molecule has 1 amide bonds. The van der Waals surface area contributed by atoms with Crippen LogP contribution in [0.25, 0.3) is 0 Å². The van der Waals surface area contributed by atoms with Gasteiger partial charge in [0.25, 0.3) is 5.91 Å². The lowest BCUT2D eigenvalue weighted by Gasteiger charge is -2.29. The molecule has 3 rings (SSSR count). The highest BCUT2D eigenvalue weighted by atomic mass is 35.5. The van der Waals surface area contributed by atoms with Crippen molar-refractivity contribution in [3.8, 4) is 11.6 Å². The third-order valence-electron chi connectivity index (χ3n) is 5.48. The number of benzene rings is 3. The molecule has 0 fully saturated rings. The van der Waals surface area contributed by atoms with Crippen molar-refractivity contribution < 1.29 is 27.9 Å². The van der Waals surface area contributed by atoms with Crippen LogP contribution in [-0.2, 0) is 20.8 Å². The summed E-state index contributed by atoms with van der Waals surface area (Å²) in [6, 6.07) is 17.3. The van der Waals surface area contributed by atoms with Crippen LogP contribution in [0.5, 0.6) is 0 Å². The molecule has 2 atom stereocenters. The van der Waals surface area contributed by atoms with Crippen molar-refractivity contribution in [2.45, 2.75) is 30.1 Å². The molecule has 3 aromatic carbocycles. The minimum Gasteiger partial charge on any atom is -0.364 e. The molecule has 3 aromatic rings. The van der Waals surface area contributed by atoms with Crippen LogP contribution in [0, 0.1) is 11.6 Å². The molecule has 11 heteroatoms. The van der Waals surface area contributed by atoms with Gasteiger partial charge in [-0.15, -0.1) is 0 Å². The van der Waals surface area contributed by atoms with Crippen molar-refractivity contribution in [2.24, 2.45) is 0 Å². The number of rotatable bonds is 8. The summed E-state index contributed by atoms with van der Waals surface area (Å²) in [4.78, 5) is 13.2. The summed E-state index contributed by atoms with van der Waals surface area (Å²) in [5.41, 5.74) is 3.95. The fourth-order valence-electron chi connectivity index (χ4n) is 3.51. The smallest absolute Gasteiger partial charge is 0.254 e. The van der Waals surface area contributed by atoms with Crippen LogP contribution in [0.15, 0.2) is 71.6 Å². The highest BCUT2D eigenvalue weighted by Gasteiger charge is 2.32. The van der Waals surface area contributed by atoms with Crippen LogP contribution in [0.3, 0.4) is 0 Å². The molecule has 7 nitrogen and oxygen atoms in total. The Hall–Kier alpha value is -2.47. The number of carbonyl (C=O) groups excluding carboxylic acids is 1. The van der Waals surface area contributed by atoms with E-state index in [1.165, 1.54) is 30.3 Å². The fourth-order valence-corrected chi connectivity index (χ4v) is 5.96. The van der Waals surface area contributed by atoms with Crippen LogP contribution in [0.4, 0.5) is 0 Å². The number of hydrogen-bond acceptors (Lipinski definition) is 6. The number of amides is 1. The zero-order valence-corrected chi connectivity index (χ0v) is 24.0. The Labute approximate surface area is 233 Å². The zero-order chi connectivity index (χ0) is 28.1. The van der Waals surface area contributed by atoms with Gasteiger partial charge in [0.05, 0.1) is 26.5 Å². The number of halogens is 2. The molecule has 0 saturated carbocycles. The second-order valence-electron chi connectivity index (χ2n) is 8.61. The highest BCUT2D eigenvalue weighted by molar-refractivity contribution is 7.90. The predicted molar refractivity (Wildman–Crippen MR) is 151 cm³/mol. The number of aliphatic hydroxyl groups is 2. The van der Waals surface area contributed by atoms with Gasteiger partial charge in [-0.25, -0.2) is 8.42 Å². The van der Waals surface area contributed by atoms with E-state index < -0.39 is 35.7 Å². The van der Waals surface area contributed by atoms with Crippen molar-refractivity contribution in [3.63, 3.8) is 0 Å². The van der Waals surface area contributed by atoms with Crippen LogP contribution < -0.4 is 10.6 Å². The Morgan fingerprint density at radius 1 is 1.08 bits per heavy atom. The van der Waals surface area contributed by atoms with Gasteiger partial charge in [0.15, 0.2) is 15.6 Å². The van der Waals surface area contributed by atoms with E-state index in [9.17, 15) is 23.4 Å². The first-order valence-electron chi connectivity index (χ1n) is 11.2. The molecule has 0 bridgehead atoms. The van der Waals surface area contributed by atoms with Gasteiger partial charge in [0, 0.05) is 24.2 Å². The summed E-state index contributed by atoms with van der Waals surface area (Å²) in [5, 5.41) is 24.2. The Kier molecular flexibility index (Phi) is 9.96. The first-order chi connectivity index (χ1) is 17.8.